The lowest BCUT2D eigenvalue weighted by molar-refractivity contribution is -0.115. The van der Waals surface area contributed by atoms with Gasteiger partial charge in [0.25, 0.3) is 20.2 Å². The smallest absolute Gasteiger partial charge is 0.261 e. The number of amides is 2. The van der Waals surface area contributed by atoms with Crippen LogP contribution in [0.3, 0.4) is 0 Å². The van der Waals surface area contributed by atoms with Gasteiger partial charge in [0, 0.05) is 97.6 Å². The zero-order chi connectivity index (χ0) is 47.2. The van der Waals surface area contributed by atoms with Gasteiger partial charge in [-0.05, 0) is 94.6 Å². The number of nitrogens with one attached hydrogen (secondary N) is 2. The number of carbonyl (C=O) groups excluding carboxylic acids is 2. The van der Waals surface area contributed by atoms with E-state index in [0.717, 1.165) is 134 Å². The van der Waals surface area contributed by atoms with E-state index in [0.29, 0.717) is 25.4 Å². The van der Waals surface area contributed by atoms with Crippen molar-refractivity contribution >= 4 is 122 Å². The van der Waals surface area contributed by atoms with Crippen LogP contribution >= 0.6 is 46.3 Å². The Kier molecular flexibility index (Phi) is 17.6. The first-order chi connectivity index (χ1) is 31.3. The summed E-state index contributed by atoms with van der Waals surface area (Å²) in [5, 5.41) is 9.72. The Labute approximate surface area is 407 Å². The van der Waals surface area contributed by atoms with Gasteiger partial charge in [-0.15, -0.1) is 0 Å². The van der Waals surface area contributed by atoms with E-state index in [-0.39, 0.29) is 17.3 Å². The van der Waals surface area contributed by atoms with E-state index in [2.05, 4.69) is 99.6 Å². The average molecular weight is 1040 g/mol. The summed E-state index contributed by atoms with van der Waals surface area (Å²) in [6.07, 6.45) is 4.15. The van der Waals surface area contributed by atoms with Crippen molar-refractivity contribution < 1.29 is 41.0 Å². The van der Waals surface area contributed by atoms with Crippen molar-refractivity contribution in [2.45, 2.75) is 25.7 Å². The van der Waals surface area contributed by atoms with Gasteiger partial charge < -0.3 is 25.9 Å². The molecule has 6 heterocycles. The number of anilines is 4. The van der Waals surface area contributed by atoms with Crippen molar-refractivity contribution in [2.24, 2.45) is 0 Å². The Balaban J connectivity index is 0.000000182. The number of hydrogen-bond acceptors (Lipinski definition) is 14. The van der Waals surface area contributed by atoms with Crippen molar-refractivity contribution in [3.05, 3.63) is 105 Å². The van der Waals surface area contributed by atoms with E-state index < -0.39 is 20.2 Å². The minimum atomic E-state index is -3.67. The molecule has 0 radical (unpaired) electrons. The molecule has 0 spiro atoms. The zero-order valence-electron chi connectivity index (χ0n) is 36.7. The second kappa shape index (κ2) is 22.7. The minimum absolute atomic E-state index is 0. The maximum atomic E-state index is 11.6. The summed E-state index contributed by atoms with van der Waals surface area (Å²) in [5.41, 5.74) is 6.11. The molecule has 6 N–H and O–H groups in total. The highest BCUT2D eigenvalue weighted by Crippen LogP contribution is 2.34. The molecule has 17 nitrogen and oxygen atoms in total. The lowest BCUT2D eigenvalue weighted by atomic mass is 10.1. The van der Waals surface area contributed by atoms with Crippen LogP contribution < -0.4 is 20.4 Å². The molecule has 2 fully saturated rings. The lowest BCUT2D eigenvalue weighted by Gasteiger charge is -2.35. The third-order valence-electron chi connectivity index (χ3n) is 11.2. The van der Waals surface area contributed by atoms with Gasteiger partial charge in [0.1, 0.15) is 11.6 Å². The molecule has 4 aromatic carbocycles. The van der Waals surface area contributed by atoms with E-state index in [1.807, 2.05) is 12.1 Å². The van der Waals surface area contributed by atoms with Gasteiger partial charge in [-0.3, -0.25) is 28.5 Å². The SMILES string of the molecule is CS(=O)(=O)O.CS(=O)(=O)O.O.O=C1Cc2cc(CCN3CCN(c4nsc5ccccc45)CC3)c(Cl)cc2N1.O=C1Cc2cc(CCN3CCN(c4nsc5ccccc45)CC3)c(Cl)cc2N1. The molecule has 360 valence electrons. The lowest BCUT2D eigenvalue weighted by Crippen LogP contribution is -2.47. The molecule has 67 heavy (non-hydrogen) atoms. The third-order valence-corrected chi connectivity index (χ3v) is 13.6. The summed E-state index contributed by atoms with van der Waals surface area (Å²) < 4.78 is 63.6. The van der Waals surface area contributed by atoms with Gasteiger partial charge in [-0.25, -0.2) is 0 Å². The number of piperazine rings is 2. The van der Waals surface area contributed by atoms with Gasteiger partial charge in [-0.2, -0.15) is 25.6 Å². The standard InChI is InChI=1S/2C21H21ClN4OS.2CH4O3S.H2O/c2*22-17-13-18-15(12-20(27)23-18)11-14(17)5-6-25-7-9-26(10-8-25)21-16-3-1-2-4-19(16)28-24-21;2*1-5(2,3)4;/h2*1-4,11,13H,5-10,12H2,(H,23,27);2*1H3,(H,2,3,4);1H2. The summed E-state index contributed by atoms with van der Waals surface area (Å²) in [5.74, 6) is 2.35. The summed E-state index contributed by atoms with van der Waals surface area (Å²) in [7, 11) is -7.33. The summed E-state index contributed by atoms with van der Waals surface area (Å²) in [6.45, 7) is 10.0. The van der Waals surface area contributed by atoms with Crippen LogP contribution in [0, 0.1) is 0 Å². The number of aromatic nitrogens is 2. The van der Waals surface area contributed by atoms with E-state index in [1.165, 1.54) is 20.2 Å². The molecule has 23 heteroatoms. The minimum Gasteiger partial charge on any atom is -0.412 e. The maximum absolute atomic E-state index is 11.6. The van der Waals surface area contributed by atoms with Crippen molar-refractivity contribution in [3.63, 3.8) is 0 Å². The predicted molar refractivity (Wildman–Crippen MR) is 270 cm³/mol. The van der Waals surface area contributed by atoms with Gasteiger partial charge in [0.15, 0.2) is 0 Å². The zero-order valence-corrected chi connectivity index (χ0v) is 41.5. The molecule has 2 saturated heterocycles. The molecule has 0 unspecified atom stereocenters. The van der Waals surface area contributed by atoms with E-state index in [9.17, 15) is 26.4 Å². The second-order valence-electron chi connectivity index (χ2n) is 16.3. The van der Waals surface area contributed by atoms with Crippen LogP contribution in [0.25, 0.3) is 20.2 Å². The Bertz CT molecular complexity index is 2730. The highest BCUT2D eigenvalue weighted by atomic mass is 35.5. The first-order valence-corrected chi connectivity index (χ1v) is 27.0. The maximum Gasteiger partial charge on any atom is 0.261 e. The first kappa shape index (κ1) is 51.9. The highest BCUT2D eigenvalue weighted by molar-refractivity contribution is 7.85. The largest absolute Gasteiger partial charge is 0.412 e. The molecule has 0 atom stereocenters. The Morgan fingerprint density at radius 3 is 1.30 bits per heavy atom. The van der Waals surface area contributed by atoms with Crippen molar-refractivity contribution in [2.75, 3.05) is 98.4 Å². The normalized spacial score (nSPS) is 16.1. The van der Waals surface area contributed by atoms with Crippen molar-refractivity contribution in [1.82, 2.24) is 18.5 Å². The third kappa shape index (κ3) is 14.7. The average Bonchev–Trinajstić information content (AvgIpc) is 4.05. The fourth-order valence-corrected chi connectivity index (χ4v) is 10.2. The Morgan fingerprint density at radius 1 is 0.597 bits per heavy atom. The van der Waals surface area contributed by atoms with E-state index in [4.69, 9.17) is 32.3 Å². The molecular weight excluding hydrogens is 984 g/mol. The number of carbonyl (C=O) groups is 2. The Hall–Kier alpha value is -4.52. The highest BCUT2D eigenvalue weighted by Gasteiger charge is 2.25. The molecular formula is C44H52Cl2N8O9S4. The quantitative estimate of drug-likeness (QED) is 0.132. The number of fused-ring (bicyclic) bond motifs is 4. The first-order valence-electron chi connectivity index (χ1n) is 21.1. The fourth-order valence-electron chi connectivity index (χ4n) is 8.11. The number of halogens is 2. The topological polar surface area (TPSA) is 237 Å². The predicted octanol–water partition coefficient (Wildman–Crippen LogP) is 5.80. The Morgan fingerprint density at radius 2 is 0.940 bits per heavy atom. The van der Waals surface area contributed by atoms with Crippen LogP contribution in [0.5, 0.6) is 0 Å². The van der Waals surface area contributed by atoms with Crippen molar-refractivity contribution in [1.29, 1.82) is 0 Å². The molecule has 2 aromatic heterocycles. The van der Waals surface area contributed by atoms with Crippen LogP contribution in [0.15, 0.2) is 72.8 Å². The fraction of sp³-hybridized carbons (Fsp3) is 0.364. The van der Waals surface area contributed by atoms with Gasteiger partial charge >= 0.3 is 0 Å². The number of rotatable bonds is 8. The van der Waals surface area contributed by atoms with Crippen LogP contribution in [-0.4, -0.2) is 140 Å². The number of nitrogens with zero attached hydrogens (tertiary/aromatic N) is 6. The van der Waals surface area contributed by atoms with E-state index in [1.54, 1.807) is 23.1 Å². The monoisotopic (exact) mass is 1030 g/mol. The second-order valence-corrected chi connectivity index (χ2v) is 21.6. The van der Waals surface area contributed by atoms with Crippen LogP contribution in [0.2, 0.25) is 10.0 Å². The van der Waals surface area contributed by atoms with Crippen molar-refractivity contribution in [3.8, 4) is 0 Å². The molecule has 10 rings (SSSR count). The molecule has 2 amide bonds. The number of hydrogen-bond donors (Lipinski definition) is 4. The summed E-state index contributed by atoms with van der Waals surface area (Å²) >= 11 is 16.0. The van der Waals surface area contributed by atoms with Gasteiger partial charge in [0.05, 0.1) is 34.8 Å². The van der Waals surface area contributed by atoms with E-state index >= 15 is 0 Å². The molecule has 6 aromatic rings. The van der Waals surface area contributed by atoms with Gasteiger partial charge in [0.2, 0.25) is 11.8 Å². The summed E-state index contributed by atoms with van der Waals surface area (Å²) in [4.78, 5) is 32.9. The van der Waals surface area contributed by atoms with Crippen LogP contribution in [-0.2, 0) is 55.5 Å². The molecule has 4 aliphatic heterocycles. The molecule has 4 aliphatic rings. The molecule has 0 aliphatic carbocycles. The summed E-state index contributed by atoms with van der Waals surface area (Å²) in [6, 6.07) is 24.9. The van der Waals surface area contributed by atoms with Crippen LogP contribution in [0.1, 0.15) is 22.3 Å². The molecule has 0 bridgehead atoms. The molecule has 0 saturated carbocycles. The number of benzene rings is 4. The van der Waals surface area contributed by atoms with Gasteiger partial charge in [-0.1, -0.05) is 59.6 Å². The van der Waals surface area contributed by atoms with Crippen LogP contribution in [0.4, 0.5) is 23.0 Å².